The average molecular weight is 181 g/mol. The summed E-state index contributed by atoms with van der Waals surface area (Å²) in [5.41, 5.74) is 1.10. The Morgan fingerprint density at radius 1 is 1.54 bits per heavy atom. The van der Waals surface area contributed by atoms with E-state index in [1.165, 1.54) is 0 Å². The van der Waals surface area contributed by atoms with E-state index < -0.39 is 0 Å². The molecule has 1 aliphatic rings. The Bertz CT molecular complexity index is 306. The summed E-state index contributed by atoms with van der Waals surface area (Å²) in [4.78, 5) is 0. The number of furan rings is 1. The molecule has 2 heterocycles. The highest BCUT2D eigenvalue weighted by Crippen LogP contribution is 2.28. The molecule has 2 rings (SSSR count). The van der Waals surface area contributed by atoms with Crippen molar-refractivity contribution in [2.45, 2.75) is 32.4 Å². The minimum absolute atomic E-state index is 0.0671. The Kier molecular flexibility index (Phi) is 2.14. The van der Waals surface area contributed by atoms with Crippen molar-refractivity contribution < 1.29 is 9.52 Å². The van der Waals surface area contributed by atoms with Crippen LogP contribution in [0.1, 0.15) is 29.5 Å². The molecule has 0 amide bonds. The second kappa shape index (κ2) is 3.16. The number of aliphatic hydroxyl groups excluding tert-OH is 1. The van der Waals surface area contributed by atoms with Crippen LogP contribution in [0, 0.1) is 13.8 Å². The molecule has 2 unspecified atom stereocenters. The van der Waals surface area contributed by atoms with E-state index in [0.717, 1.165) is 30.0 Å². The molecular formula is C10H15NO2. The van der Waals surface area contributed by atoms with Gasteiger partial charge in [-0.15, -0.1) is 0 Å². The predicted octanol–water partition coefficient (Wildman–Crippen LogP) is 1.29. The van der Waals surface area contributed by atoms with Crippen LogP contribution in [-0.4, -0.2) is 17.8 Å². The Morgan fingerprint density at radius 3 is 2.77 bits per heavy atom. The van der Waals surface area contributed by atoms with Crippen LogP contribution >= 0.6 is 0 Å². The van der Waals surface area contributed by atoms with Crippen molar-refractivity contribution in [3.63, 3.8) is 0 Å². The second-order valence-corrected chi connectivity index (χ2v) is 3.66. The zero-order chi connectivity index (χ0) is 9.42. The Hall–Kier alpha value is -0.800. The van der Waals surface area contributed by atoms with Crippen LogP contribution in [0.15, 0.2) is 10.5 Å². The monoisotopic (exact) mass is 181 g/mol. The minimum Gasteiger partial charge on any atom is -0.466 e. The van der Waals surface area contributed by atoms with E-state index >= 15 is 0 Å². The standard InChI is InChI=1S/C10H15NO2/c1-6-5-8(7(2)13-6)10-9(12)3-4-11-10/h5,9-12H,3-4H2,1-2H3. The number of hydrogen-bond donors (Lipinski definition) is 2. The van der Waals surface area contributed by atoms with Gasteiger partial charge in [0.25, 0.3) is 0 Å². The molecule has 0 spiro atoms. The van der Waals surface area contributed by atoms with Gasteiger partial charge < -0.3 is 14.8 Å². The third kappa shape index (κ3) is 1.49. The largest absolute Gasteiger partial charge is 0.466 e. The number of aliphatic hydroxyl groups is 1. The average Bonchev–Trinajstić information content (AvgIpc) is 2.58. The molecule has 2 atom stereocenters. The zero-order valence-electron chi connectivity index (χ0n) is 8.00. The summed E-state index contributed by atoms with van der Waals surface area (Å²) in [7, 11) is 0. The molecule has 3 heteroatoms. The van der Waals surface area contributed by atoms with Crippen molar-refractivity contribution in [3.05, 3.63) is 23.2 Å². The van der Waals surface area contributed by atoms with Crippen LogP contribution in [0.4, 0.5) is 0 Å². The lowest BCUT2D eigenvalue weighted by Gasteiger charge is -2.13. The first-order valence-corrected chi connectivity index (χ1v) is 4.67. The van der Waals surface area contributed by atoms with Gasteiger partial charge in [-0.1, -0.05) is 0 Å². The Balaban J connectivity index is 2.28. The lowest BCUT2D eigenvalue weighted by atomic mass is 10.0. The fraction of sp³-hybridized carbons (Fsp3) is 0.600. The molecule has 0 saturated carbocycles. The summed E-state index contributed by atoms with van der Waals surface area (Å²) in [6.45, 7) is 4.75. The van der Waals surface area contributed by atoms with Crippen molar-refractivity contribution >= 4 is 0 Å². The van der Waals surface area contributed by atoms with Crippen molar-refractivity contribution in [2.75, 3.05) is 6.54 Å². The van der Waals surface area contributed by atoms with E-state index in [2.05, 4.69) is 5.32 Å². The van der Waals surface area contributed by atoms with Crippen molar-refractivity contribution in [2.24, 2.45) is 0 Å². The third-order valence-corrected chi connectivity index (χ3v) is 2.60. The molecule has 1 aromatic rings. The van der Waals surface area contributed by atoms with Crippen LogP contribution in [0.5, 0.6) is 0 Å². The van der Waals surface area contributed by atoms with E-state index in [0.29, 0.717) is 0 Å². The lowest BCUT2D eigenvalue weighted by molar-refractivity contribution is 0.159. The van der Waals surface area contributed by atoms with E-state index in [-0.39, 0.29) is 12.1 Å². The second-order valence-electron chi connectivity index (χ2n) is 3.66. The first-order chi connectivity index (χ1) is 6.18. The highest BCUT2D eigenvalue weighted by atomic mass is 16.3. The molecule has 0 aliphatic carbocycles. The van der Waals surface area contributed by atoms with Gasteiger partial charge in [-0.25, -0.2) is 0 Å². The van der Waals surface area contributed by atoms with Crippen LogP contribution in [-0.2, 0) is 0 Å². The van der Waals surface area contributed by atoms with E-state index in [1.807, 2.05) is 19.9 Å². The molecule has 72 valence electrons. The third-order valence-electron chi connectivity index (χ3n) is 2.60. The summed E-state index contributed by atoms with van der Waals surface area (Å²) in [6, 6.07) is 2.07. The maximum atomic E-state index is 9.67. The molecule has 1 fully saturated rings. The van der Waals surface area contributed by atoms with E-state index in [4.69, 9.17) is 4.42 Å². The van der Waals surface area contributed by atoms with Crippen LogP contribution in [0.25, 0.3) is 0 Å². The van der Waals surface area contributed by atoms with Gasteiger partial charge in [-0.3, -0.25) is 0 Å². The summed E-state index contributed by atoms with van der Waals surface area (Å²) in [5.74, 6) is 1.82. The van der Waals surface area contributed by atoms with Gasteiger partial charge in [0.15, 0.2) is 0 Å². The van der Waals surface area contributed by atoms with Crippen molar-refractivity contribution in [3.8, 4) is 0 Å². The minimum atomic E-state index is -0.268. The van der Waals surface area contributed by atoms with Gasteiger partial charge in [0.05, 0.1) is 12.1 Å². The molecule has 1 aromatic heterocycles. The summed E-state index contributed by atoms with van der Waals surface area (Å²) >= 11 is 0. The molecule has 13 heavy (non-hydrogen) atoms. The number of nitrogens with one attached hydrogen (secondary N) is 1. The van der Waals surface area contributed by atoms with Gasteiger partial charge in [0, 0.05) is 5.56 Å². The molecule has 3 nitrogen and oxygen atoms in total. The summed E-state index contributed by atoms with van der Waals surface area (Å²) < 4.78 is 5.42. The topological polar surface area (TPSA) is 45.4 Å². The fourth-order valence-corrected chi connectivity index (χ4v) is 1.97. The molecular weight excluding hydrogens is 166 g/mol. The maximum Gasteiger partial charge on any atom is 0.105 e. The highest BCUT2D eigenvalue weighted by molar-refractivity contribution is 5.26. The Labute approximate surface area is 77.8 Å². The van der Waals surface area contributed by atoms with Gasteiger partial charge in [-0.05, 0) is 32.9 Å². The van der Waals surface area contributed by atoms with Crippen molar-refractivity contribution in [1.82, 2.24) is 5.32 Å². The fourth-order valence-electron chi connectivity index (χ4n) is 1.97. The molecule has 0 bridgehead atoms. The Morgan fingerprint density at radius 2 is 2.31 bits per heavy atom. The van der Waals surface area contributed by atoms with Crippen LogP contribution < -0.4 is 5.32 Å². The molecule has 1 saturated heterocycles. The van der Waals surface area contributed by atoms with E-state index in [1.54, 1.807) is 0 Å². The van der Waals surface area contributed by atoms with Crippen molar-refractivity contribution in [1.29, 1.82) is 0 Å². The first-order valence-electron chi connectivity index (χ1n) is 4.67. The number of hydrogen-bond acceptors (Lipinski definition) is 3. The lowest BCUT2D eigenvalue weighted by Crippen LogP contribution is -2.20. The molecule has 2 N–H and O–H groups in total. The summed E-state index contributed by atoms with van der Waals surface area (Å²) in [5, 5.41) is 12.9. The normalized spacial score (nSPS) is 28.2. The molecule has 0 aromatic carbocycles. The number of aryl methyl sites for hydroxylation is 2. The molecule has 0 radical (unpaired) electrons. The van der Waals surface area contributed by atoms with Crippen LogP contribution in [0.3, 0.4) is 0 Å². The first kappa shape index (κ1) is 8.78. The summed E-state index contributed by atoms with van der Waals surface area (Å²) in [6.07, 6.45) is 0.560. The zero-order valence-corrected chi connectivity index (χ0v) is 8.00. The SMILES string of the molecule is Cc1cc(C2NCCC2O)c(C)o1. The van der Waals surface area contributed by atoms with Gasteiger partial charge in [-0.2, -0.15) is 0 Å². The maximum absolute atomic E-state index is 9.67. The molecule has 1 aliphatic heterocycles. The van der Waals surface area contributed by atoms with Gasteiger partial charge in [0.1, 0.15) is 11.5 Å². The van der Waals surface area contributed by atoms with Crippen LogP contribution in [0.2, 0.25) is 0 Å². The number of rotatable bonds is 1. The van der Waals surface area contributed by atoms with Gasteiger partial charge >= 0.3 is 0 Å². The quantitative estimate of drug-likeness (QED) is 0.686. The van der Waals surface area contributed by atoms with E-state index in [9.17, 15) is 5.11 Å². The predicted molar refractivity (Wildman–Crippen MR) is 49.5 cm³/mol. The smallest absolute Gasteiger partial charge is 0.105 e. The highest BCUT2D eigenvalue weighted by Gasteiger charge is 2.28. The van der Waals surface area contributed by atoms with Gasteiger partial charge in [0.2, 0.25) is 0 Å².